The molecule has 0 aliphatic carbocycles. The number of aromatic nitrogens is 1. The number of rotatable bonds is 9. The van der Waals surface area contributed by atoms with Gasteiger partial charge < -0.3 is 14.6 Å². The number of nitrogens with zero attached hydrogens (tertiary/aromatic N) is 2. The fraction of sp³-hybridized carbons (Fsp3) is 0.409. The maximum absolute atomic E-state index is 12.7. The molecule has 1 fully saturated rings. The molecule has 0 spiro atoms. The van der Waals surface area contributed by atoms with Gasteiger partial charge in [-0.3, -0.25) is 9.59 Å². The van der Waals surface area contributed by atoms with Crippen molar-refractivity contribution in [2.75, 3.05) is 23.4 Å². The molecule has 1 saturated heterocycles. The summed E-state index contributed by atoms with van der Waals surface area (Å²) in [4.78, 5) is 31.4. The van der Waals surface area contributed by atoms with E-state index in [1.54, 1.807) is 40.3 Å². The van der Waals surface area contributed by atoms with Crippen LogP contribution < -0.4 is 5.32 Å². The van der Waals surface area contributed by atoms with Crippen molar-refractivity contribution in [3.8, 4) is 0 Å². The van der Waals surface area contributed by atoms with E-state index in [1.165, 1.54) is 0 Å². The number of furan rings is 1. The number of thiazole rings is 1. The first-order chi connectivity index (χ1) is 15.0. The maximum Gasteiger partial charge on any atom is 0.229 e. The van der Waals surface area contributed by atoms with Gasteiger partial charge in [0.2, 0.25) is 11.8 Å². The number of fused-ring (bicyclic) bond motifs is 1. The lowest BCUT2D eigenvalue weighted by Crippen LogP contribution is -2.27. The standard InChI is InChI=1S/C22H25N3O3S3/c1-14(2)29-8-9-30-22-24-18-6-5-16(11-19(18)31-22)23-21(27)15-10-20(26)25(12-15)13-17-4-3-7-28-17/h3-7,11,14-15H,8-10,12-13H2,1-2H3,(H,23,27). The highest BCUT2D eigenvalue weighted by Gasteiger charge is 2.34. The lowest BCUT2D eigenvalue weighted by atomic mass is 10.1. The lowest BCUT2D eigenvalue weighted by Gasteiger charge is -2.15. The van der Waals surface area contributed by atoms with Crippen LogP contribution in [0.1, 0.15) is 26.0 Å². The number of hydrogen-bond acceptors (Lipinski definition) is 7. The van der Waals surface area contributed by atoms with Crippen molar-refractivity contribution in [2.45, 2.75) is 36.4 Å². The second kappa shape index (κ2) is 10.1. The van der Waals surface area contributed by atoms with Gasteiger partial charge in [-0.15, -0.1) is 11.3 Å². The first-order valence-corrected chi connectivity index (χ1v) is 13.1. The van der Waals surface area contributed by atoms with Crippen LogP contribution in [0.5, 0.6) is 0 Å². The molecule has 1 aliphatic heterocycles. The van der Waals surface area contributed by atoms with E-state index in [2.05, 4.69) is 24.1 Å². The third kappa shape index (κ3) is 5.84. The summed E-state index contributed by atoms with van der Waals surface area (Å²) in [6, 6.07) is 9.41. The van der Waals surface area contributed by atoms with Crippen LogP contribution in [-0.4, -0.2) is 45.0 Å². The van der Waals surface area contributed by atoms with Gasteiger partial charge in [0.15, 0.2) is 4.34 Å². The Morgan fingerprint density at radius 3 is 3.00 bits per heavy atom. The van der Waals surface area contributed by atoms with E-state index < -0.39 is 0 Å². The molecule has 9 heteroatoms. The van der Waals surface area contributed by atoms with Gasteiger partial charge >= 0.3 is 0 Å². The second-order valence-corrected chi connectivity index (χ2v) is 11.7. The fourth-order valence-corrected chi connectivity index (χ4v) is 6.41. The summed E-state index contributed by atoms with van der Waals surface area (Å²) in [5, 5.41) is 3.63. The Bertz CT molecular complexity index is 1050. The Labute approximate surface area is 194 Å². The third-order valence-corrected chi connectivity index (χ3v) is 8.44. The van der Waals surface area contributed by atoms with Crippen molar-refractivity contribution in [1.29, 1.82) is 0 Å². The molecule has 4 rings (SSSR count). The van der Waals surface area contributed by atoms with Gasteiger partial charge in [0.1, 0.15) is 5.76 Å². The molecule has 1 aromatic carbocycles. The highest BCUT2D eigenvalue weighted by Crippen LogP contribution is 2.32. The summed E-state index contributed by atoms with van der Waals surface area (Å²) in [7, 11) is 0. The minimum Gasteiger partial charge on any atom is -0.467 e. The minimum absolute atomic E-state index is 0.0215. The monoisotopic (exact) mass is 475 g/mol. The van der Waals surface area contributed by atoms with Crippen LogP contribution in [0.4, 0.5) is 5.69 Å². The van der Waals surface area contributed by atoms with E-state index >= 15 is 0 Å². The van der Waals surface area contributed by atoms with Crippen molar-refractivity contribution in [3.05, 3.63) is 42.4 Å². The molecule has 1 aliphatic rings. The van der Waals surface area contributed by atoms with E-state index in [9.17, 15) is 9.59 Å². The molecule has 2 amide bonds. The highest BCUT2D eigenvalue weighted by molar-refractivity contribution is 8.04. The SMILES string of the molecule is CC(C)SCCSc1nc2ccc(NC(=O)C3CC(=O)N(Cc4ccco4)C3)cc2s1. The van der Waals surface area contributed by atoms with E-state index in [-0.39, 0.29) is 24.2 Å². The summed E-state index contributed by atoms with van der Waals surface area (Å²) in [6.07, 6.45) is 1.81. The van der Waals surface area contributed by atoms with E-state index in [4.69, 9.17) is 4.42 Å². The van der Waals surface area contributed by atoms with Crippen molar-refractivity contribution >= 4 is 62.6 Å². The number of carbonyl (C=O) groups is 2. The van der Waals surface area contributed by atoms with E-state index in [0.717, 1.165) is 37.5 Å². The molecule has 31 heavy (non-hydrogen) atoms. The van der Waals surface area contributed by atoms with Crippen molar-refractivity contribution in [3.63, 3.8) is 0 Å². The molecule has 6 nitrogen and oxygen atoms in total. The Hall–Kier alpha value is -1.97. The van der Waals surface area contributed by atoms with Crippen molar-refractivity contribution in [1.82, 2.24) is 9.88 Å². The van der Waals surface area contributed by atoms with Crippen LogP contribution >= 0.6 is 34.9 Å². The van der Waals surface area contributed by atoms with Gasteiger partial charge in [-0.1, -0.05) is 25.6 Å². The summed E-state index contributed by atoms with van der Waals surface area (Å²) in [5.74, 6) is 2.37. The number of nitrogens with one attached hydrogen (secondary N) is 1. The molecule has 3 heterocycles. The Morgan fingerprint density at radius 1 is 1.35 bits per heavy atom. The first kappa shape index (κ1) is 22.2. The van der Waals surface area contributed by atoms with Crippen LogP contribution in [0.2, 0.25) is 0 Å². The third-order valence-electron chi connectivity index (χ3n) is 4.91. The molecule has 0 radical (unpaired) electrons. The molecular weight excluding hydrogens is 450 g/mol. The smallest absolute Gasteiger partial charge is 0.229 e. The zero-order valence-electron chi connectivity index (χ0n) is 17.5. The lowest BCUT2D eigenvalue weighted by molar-refractivity contribution is -0.128. The number of benzene rings is 1. The van der Waals surface area contributed by atoms with Gasteiger partial charge in [-0.25, -0.2) is 4.98 Å². The van der Waals surface area contributed by atoms with Gasteiger partial charge in [0.25, 0.3) is 0 Å². The number of carbonyl (C=O) groups excluding carboxylic acids is 2. The highest BCUT2D eigenvalue weighted by atomic mass is 32.2. The number of thioether (sulfide) groups is 2. The van der Waals surface area contributed by atoms with Crippen LogP contribution in [0.3, 0.4) is 0 Å². The Morgan fingerprint density at radius 2 is 2.23 bits per heavy atom. The van der Waals surface area contributed by atoms with Crippen LogP contribution in [0, 0.1) is 5.92 Å². The van der Waals surface area contributed by atoms with Crippen LogP contribution in [-0.2, 0) is 16.1 Å². The molecule has 0 bridgehead atoms. The molecule has 0 saturated carbocycles. The summed E-state index contributed by atoms with van der Waals surface area (Å²) < 4.78 is 7.43. The Balaban J connectivity index is 1.33. The van der Waals surface area contributed by atoms with Crippen LogP contribution in [0.25, 0.3) is 10.2 Å². The number of hydrogen-bond donors (Lipinski definition) is 1. The van der Waals surface area contributed by atoms with E-state index in [1.807, 2.05) is 36.0 Å². The quantitative estimate of drug-likeness (QED) is 0.342. The largest absolute Gasteiger partial charge is 0.467 e. The molecule has 1 N–H and O–H groups in total. The molecule has 164 valence electrons. The van der Waals surface area contributed by atoms with Crippen molar-refractivity contribution < 1.29 is 14.0 Å². The molecule has 1 atom stereocenters. The zero-order valence-corrected chi connectivity index (χ0v) is 19.9. The average Bonchev–Trinajstić information content (AvgIpc) is 3.46. The zero-order chi connectivity index (χ0) is 21.8. The predicted octanol–water partition coefficient (Wildman–Crippen LogP) is 5.11. The van der Waals surface area contributed by atoms with Crippen molar-refractivity contribution in [2.24, 2.45) is 5.92 Å². The number of amides is 2. The maximum atomic E-state index is 12.7. The first-order valence-electron chi connectivity index (χ1n) is 10.2. The predicted molar refractivity (Wildman–Crippen MR) is 129 cm³/mol. The second-order valence-electron chi connectivity index (χ2n) is 7.67. The summed E-state index contributed by atoms with van der Waals surface area (Å²) in [5.41, 5.74) is 1.69. The fourth-order valence-electron chi connectivity index (χ4n) is 3.39. The van der Waals surface area contributed by atoms with Gasteiger partial charge in [0, 0.05) is 30.2 Å². The Kier molecular flexibility index (Phi) is 7.24. The number of anilines is 1. The normalized spacial score (nSPS) is 16.5. The van der Waals surface area contributed by atoms with Gasteiger partial charge in [-0.2, -0.15) is 11.8 Å². The average molecular weight is 476 g/mol. The van der Waals surface area contributed by atoms with Crippen LogP contribution in [0.15, 0.2) is 45.4 Å². The molecule has 3 aromatic rings. The molecule has 1 unspecified atom stereocenters. The summed E-state index contributed by atoms with van der Waals surface area (Å²) >= 11 is 5.39. The van der Waals surface area contributed by atoms with Gasteiger partial charge in [-0.05, 0) is 35.6 Å². The summed E-state index contributed by atoms with van der Waals surface area (Å²) in [6.45, 7) is 5.23. The topological polar surface area (TPSA) is 75.4 Å². The minimum atomic E-state index is -0.357. The van der Waals surface area contributed by atoms with E-state index in [0.29, 0.717) is 18.3 Å². The molecule has 2 aromatic heterocycles. The molecular formula is C22H25N3O3S3. The van der Waals surface area contributed by atoms with Gasteiger partial charge in [0.05, 0.1) is 28.9 Å². The number of likely N-dealkylation sites (tertiary alicyclic amines) is 1.